The zero-order valence-corrected chi connectivity index (χ0v) is 26.1. The predicted octanol–water partition coefficient (Wildman–Crippen LogP) is 6.69. The van der Waals surface area contributed by atoms with E-state index in [9.17, 15) is 14.1 Å². The Bertz CT molecular complexity index is 1500. The molecule has 7 nitrogen and oxygen atoms in total. The molecular weight excluding hydrogens is 569 g/mol. The van der Waals surface area contributed by atoms with Gasteiger partial charge in [-0.25, -0.2) is 12.9 Å². The normalized spacial score (nSPS) is 19.8. The van der Waals surface area contributed by atoms with E-state index in [-0.39, 0.29) is 29.9 Å². The van der Waals surface area contributed by atoms with Crippen LogP contribution in [0.15, 0.2) is 42.5 Å². The first-order valence-electron chi connectivity index (χ1n) is 14.9. The predicted molar refractivity (Wildman–Crippen MR) is 165 cm³/mol. The molecule has 230 valence electrons. The van der Waals surface area contributed by atoms with Crippen LogP contribution in [0.4, 0.5) is 4.39 Å². The summed E-state index contributed by atoms with van der Waals surface area (Å²) in [6.07, 6.45) is 6.75. The van der Waals surface area contributed by atoms with Gasteiger partial charge in [0.05, 0.1) is 31.1 Å². The van der Waals surface area contributed by atoms with Gasteiger partial charge < -0.3 is 19.3 Å². The van der Waals surface area contributed by atoms with E-state index in [1.807, 2.05) is 42.4 Å². The van der Waals surface area contributed by atoms with Crippen LogP contribution in [0, 0.1) is 19.7 Å². The van der Waals surface area contributed by atoms with Crippen molar-refractivity contribution in [3.8, 4) is 28.4 Å². The number of hydrogen-bond acceptors (Lipinski definition) is 6. The molecule has 0 aromatic heterocycles. The lowest BCUT2D eigenvalue weighted by Gasteiger charge is -2.22. The molecule has 0 bridgehead atoms. The van der Waals surface area contributed by atoms with E-state index in [4.69, 9.17) is 14.2 Å². The molecule has 1 unspecified atom stereocenters. The van der Waals surface area contributed by atoms with Crippen molar-refractivity contribution < 1.29 is 32.7 Å². The molecule has 3 aromatic carbocycles. The monoisotopic (exact) mass is 609 g/mol. The van der Waals surface area contributed by atoms with Crippen molar-refractivity contribution in [2.75, 3.05) is 33.1 Å². The second kappa shape index (κ2) is 13.5. The van der Waals surface area contributed by atoms with Gasteiger partial charge in [0.2, 0.25) is 0 Å². The maximum absolute atomic E-state index is 15.0. The van der Waals surface area contributed by atoms with E-state index in [0.717, 1.165) is 46.5 Å². The number of aromatic hydroxyl groups is 1. The Labute approximate surface area is 255 Å². The zero-order valence-electron chi connectivity index (χ0n) is 25.3. The standard InChI is InChI=1S/C28H27FO5.C6H13NOS/c1-15-10-18(30)11-16(2)27(15)21-6-8-23(29)28-22(21)7-9-24(28)34-19-4-5-20-17(12-26(31)32-3)14-33-25(20)13-19;1-9(8)7-5-3-2-4-6-7/h4-6,8,10-11,13,17,24,30H,7,9,12,14H2,1-3H3;2-6H2,1H3/t17-,24-;/m1./s1. The smallest absolute Gasteiger partial charge is 0.306 e. The fraction of sp³-hybridized carbons (Fsp3) is 0.441. The summed E-state index contributed by atoms with van der Waals surface area (Å²) < 4.78 is 44.7. The summed E-state index contributed by atoms with van der Waals surface area (Å²) in [7, 11) is 0.661. The lowest BCUT2D eigenvalue weighted by Crippen LogP contribution is -2.30. The molecule has 0 amide bonds. The molecule has 3 aliphatic rings. The highest BCUT2D eigenvalue weighted by Gasteiger charge is 2.32. The molecule has 3 atom stereocenters. The van der Waals surface area contributed by atoms with Gasteiger partial charge in [-0.3, -0.25) is 4.79 Å². The first kappa shape index (κ1) is 31.0. The first-order valence-corrected chi connectivity index (χ1v) is 16.4. The highest BCUT2D eigenvalue weighted by molar-refractivity contribution is 7.81. The minimum Gasteiger partial charge on any atom is -0.508 e. The van der Waals surface area contributed by atoms with Crippen LogP contribution in [0.3, 0.4) is 0 Å². The number of piperidine rings is 1. The van der Waals surface area contributed by atoms with Crippen molar-refractivity contribution in [1.82, 2.24) is 4.31 Å². The largest absolute Gasteiger partial charge is 0.508 e. The Kier molecular flexibility index (Phi) is 9.72. The van der Waals surface area contributed by atoms with Crippen molar-refractivity contribution in [3.05, 3.63) is 76.1 Å². The van der Waals surface area contributed by atoms with Crippen molar-refractivity contribution in [1.29, 1.82) is 0 Å². The van der Waals surface area contributed by atoms with Crippen LogP contribution in [-0.4, -0.2) is 52.7 Å². The molecule has 1 N–H and O–H groups in total. The number of carbonyl (C=O) groups excluding carboxylic acids is 1. The third-order valence-corrected chi connectivity index (χ3v) is 9.62. The fourth-order valence-corrected chi connectivity index (χ4v) is 7.23. The average Bonchev–Trinajstić information content (AvgIpc) is 3.59. The number of methoxy groups -OCH3 is 1. The lowest BCUT2D eigenvalue weighted by molar-refractivity contribution is -0.141. The number of hydrogen-bond donors (Lipinski definition) is 1. The average molecular weight is 610 g/mol. The number of benzene rings is 3. The molecule has 2 heterocycles. The summed E-state index contributed by atoms with van der Waals surface area (Å²) in [5, 5.41) is 9.93. The Morgan fingerprint density at radius 3 is 2.47 bits per heavy atom. The number of aryl methyl sites for hydroxylation is 2. The van der Waals surface area contributed by atoms with Crippen LogP contribution in [-0.2, 0) is 26.9 Å². The van der Waals surface area contributed by atoms with Crippen molar-refractivity contribution in [2.45, 2.75) is 64.4 Å². The quantitative estimate of drug-likeness (QED) is 0.314. The van der Waals surface area contributed by atoms with Crippen LogP contribution in [0.2, 0.25) is 0 Å². The Hall–Kier alpha value is -3.43. The summed E-state index contributed by atoms with van der Waals surface area (Å²) in [5.74, 6) is 0.943. The molecule has 0 saturated carbocycles. The minimum atomic E-state index is -0.719. The molecule has 43 heavy (non-hydrogen) atoms. The van der Waals surface area contributed by atoms with Crippen LogP contribution in [0.5, 0.6) is 17.2 Å². The van der Waals surface area contributed by atoms with Gasteiger partial charge in [0.25, 0.3) is 0 Å². The number of esters is 1. The summed E-state index contributed by atoms with van der Waals surface area (Å²) in [6.45, 7) is 6.40. The molecule has 1 fully saturated rings. The molecule has 2 aliphatic heterocycles. The highest BCUT2D eigenvalue weighted by atomic mass is 32.2. The van der Waals surface area contributed by atoms with E-state index in [0.29, 0.717) is 36.5 Å². The number of phenolic OH excluding ortho intramolecular Hbond substituents is 1. The van der Waals surface area contributed by atoms with Crippen LogP contribution in [0.25, 0.3) is 11.1 Å². The van der Waals surface area contributed by atoms with Gasteiger partial charge in [-0.1, -0.05) is 18.6 Å². The number of phenols is 1. The zero-order chi connectivity index (χ0) is 30.7. The van der Waals surface area contributed by atoms with Crippen molar-refractivity contribution in [3.63, 3.8) is 0 Å². The molecule has 9 heteroatoms. The minimum absolute atomic E-state index is 0.0412. The fourth-order valence-electron chi connectivity index (χ4n) is 6.46. The number of ether oxygens (including phenoxy) is 3. The van der Waals surface area contributed by atoms with E-state index >= 15 is 4.39 Å². The maximum atomic E-state index is 15.0. The molecular formula is C34H40FNO6S. The summed E-state index contributed by atoms with van der Waals surface area (Å²) in [5.41, 5.74) is 6.42. The highest BCUT2D eigenvalue weighted by Crippen LogP contribution is 2.45. The number of carbonyl (C=O) groups is 1. The van der Waals surface area contributed by atoms with Crippen LogP contribution >= 0.6 is 0 Å². The van der Waals surface area contributed by atoms with E-state index in [2.05, 4.69) is 0 Å². The summed E-state index contributed by atoms with van der Waals surface area (Å²) in [4.78, 5) is 11.7. The lowest BCUT2D eigenvalue weighted by atomic mass is 9.90. The number of fused-ring (bicyclic) bond motifs is 2. The van der Waals surface area contributed by atoms with Gasteiger partial charge in [0.15, 0.2) is 0 Å². The second-order valence-electron chi connectivity index (χ2n) is 11.5. The Morgan fingerprint density at radius 2 is 1.81 bits per heavy atom. The molecule has 0 radical (unpaired) electrons. The molecule has 3 aromatic rings. The van der Waals surface area contributed by atoms with Gasteiger partial charge in [-0.05, 0) is 91.6 Å². The molecule has 1 aliphatic carbocycles. The van der Waals surface area contributed by atoms with E-state index in [1.54, 1.807) is 18.4 Å². The van der Waals surface area contributed by atoms with Gasteiger partial charge >= 0.3 is 5.97 Å². The molecule has 0 spiro atoms. The van der Waals surface area contributed by atoms with Crippen molar-refractivity contribution >= 4 is 17.0 Å². The second-order valence-corrected chi connectivity index (χ2v) is 12.9. The summed E-state index contributed by atoms with van der Waals surface area (Å²) >= 11 is 0. The number of rotatable bonds is 6. The maximum Gasteiger partial charge on any atom is 0.306 e. The van der Waals surface area contributed by atoms with Gasteiger partial charge in [-0.2, -0.15) is 0 Å². The van der Waals surface area contributed by atoms with Crippen LogP contribution < -0.4 is 9.47 Å². The first-order chi connectivity index (χ1) is 20.7. The SMILES string of the molecule is COC(=O)C[C@@H]1COc2cc(O[C@@H]3CCc4c(-c5c(C)cc(O)cc5C)ccc(F)c43)ccc21.CS(=O)N1CCCCC1. The van der Waals surface area contributed by atoms with E-state index < -0.39 is 17.1 Å². The third-order valence-electron chi connectivity index (χ3n) is 8.53. The Morgan fingerprint density at radius 1 is 1.09 bits per heavy atom. The van der Waals surface area contributed by atoms with Gasteiger partial charge in [0.1, 0.15) is 29.2 Å². The van der Waals surface area contributed by atoms with Gasteiger partial charge in [0, 0.05) is 42.5 Å². The van der Waals surface area contributed by atoms with Gasteiger partial charge in [-0.15, -0.1) is 0 Å². The topological polar surface area (TPSA) is 85.3 Å². The Balaban J connectivity index is 0.000000351. The van der Waals surface area contributed by atoms with E-state index in [1.165, 1.54) is 32.4 Å². The molecule has 6 rings (SSSR count). The number of nitrogens with zero attached hydrogens (tertiary/aromatic N) is 1. The summed E-state index contributed by atoms with van der Waals surface area (Å²) in [6, 6.07) is 12.4. The van der Waals surface area contributed by atoms with Crippen molar-refractivity contribution in [2.24, 2.45) is 0 Å². The molecule has 1 saturated heterocycles. The third kappa shape index (κ3) is 6.88. The number of halogens is 1. The van der Waals surface area contributed by atoms with Crippen LogP contribution in [0.1, 0.15) is 71.9 Å².